The lowest BCUT2D eigenvalue weighted by atomic mass is 10.4. The molecule has 0 bridgehead atoms. The van der Waals surface area contributed by atoms with Gasteiger partial charge in [-0.2, -0.15) is 5.26 Å². The van der Waals surface area contributed by atoms with Crippen molar-refractivity contribution in [2.45, 2.75) is 6.10 Å². The second-order valence-corrected chi connectivity index (χ2v) is 0.827. The smallest absolute Gasteiger partial charge is 0.163 e. The summed E-state index contributed by atoms with van der Waals surface area (Å²) < 4.78 is 0. The van der Waals surface area contributed by atoms with E-state index in [-0.39, 0.29) is 0 Å². The van der Waals surface area contributed by atoms with Gasteiger partial charge >= 0.3 is 0 Å². The molecule has 3 nitrogen and oxygen atoms in total. The molecule has 0 saturated carbocycles. The molecule has 0 aromatic carbocycles. The minimum atomic E-state index is -1.20. The van der Waals surface area contributed by atoms with Crippen LogP contribution in [0, 0.1) is 11.3 Å². The Morgan fingerprint density at radius 3 is 2.33 bits per heavy atom. The van der Waals surface area contributed by atoms with E-state index in [0.717, 1.165) is 0 Å². The van der Waals surface area contributed by atoms with Gasteiger partial charge in [-0.1, -0.05) is 0 Å². The van der Waals surface area contributed by atoms with Gasteiger partial charge in [0.1, 0.15) is 0 Å². The fourth-order valence-electron chi connectivity index (χ4n) is 0.0408. The van der Waals surface area contributed by atoms with Crippen molar-refractivity contribution in [1.82, 2.24) is 0 Å². The fourth-order valence-corrected chi connectivity index (χ4v) is 0.0408. The van der Waals surface area contributed by atoms with Crippen LogP contribution < -0.4 is 0 Å². The van der Waals surface area contributed by atoms with Gasteiger partial charge in [-0.05, 0) is 0 Å². The van der Waals surface area contributed by atoms with Crippen molar-refractivity contribution >= 4 is 0 Å². The monoisotopic (exact) mass is 87.0 g/mol. The number of rotatable bonds is 1. The predicted molar refractivity (Wildman–Crippen MR) is 18.7 cm³/mol. The van der Waals surface area contributed by atoms with Crippen molar-refractivity contribution in [1.29, 1.82) is 5.26 Å². The molecule has 3 heteroatoms. The van der Waals surface area contributed by atoms with Gasteiger partial charge in [0, 0.05) is 0 Å². The van der Waals surface area contributed by atoms with E-state index in [0.29, 0.717) is 0 Å². The molecule has 0 amide bonds. The highest BCUT2D eigenvalue weighted by Crippen LogP contribution is 1.69. The van der Waals surface area contributed by atoms with Gasteiger partial charge in [0.15, 0.2) is 6.10 Å². The first-order valence-corrected chi connectivity index (χ1v) is 1.49. The SMILES string of the molecule is N#C[C@@H](O)CO. The first kappa shape index (κ1) is 5.41. The van der Waals surface area contributed by atoms with Gasteiger partial charge in [-0.15, -0.1) is 0 Å². The Hall–Kier alpha value is -0.590. The Morgan fingerprint density at radius 2 is 2.33 bits per heavy atom. The number of nitriles is 1. The summed E-state index contributed by atoms with van der Waals surface area (Å²) in [6, 6.07) is 1.42. The Kier molecular flexibility index (Phi) is 2.38. The normalized spacial score (nSPS) is 12.8. The molecule has 6 heavy (non-hydrogen) atoms. The fraction of sp³-hybridized carbons (Fsp3) is 0.667. The zero-order chi connectivity index (χ0) is 4.99. The van der Waals surface area contributed by atoms with E-state index in [1.165, 1.54) is 6.07 Å². The van der Waals surface area contributed by atoms with E-state index in [2.05, 4.69) is 0 Å². The number of nitrogens with zero attached hydrogens (tertiary/aromatic N) is 1. The van der Waals surface area contributed by atoms with Crippen LogP contribution >= 0.6 is 0 Å². The standard InChI is InChI=1S/C3H5NO2/c4-1-3(6)2-5/h3,5-6H,2H2/t3-/m1/s1. The molecule has 0 saturated heterocycles. The second kappa shape index (κ2) is 2.64. The highest BCUT2D eigenvalue weighted by Gasteiger charge is 1.92. The van der Waals surface area contributed by atoms with Crippen LogP contribution in [0.1, 0.15) is 0 Å². The highest BCUT2D eigenvalue weighted by atomic mass is 16.3. The lowest BCUT2D eigenvalue weighted by molar-refractivity contribution is 0.136. The third kappa shape index (κ3) is 1.70. The van der Waals surface area contributed by atoms with Crippen LogP contribution in [0.15, 0.2) is 0 Å². The van der Waals surface area contributed by atoms with Gasteiger partial charge < -0.3 is 10.2 Å². The lowest BCUT2D eigenvalue weighted by Gasteiger charge is -1.86. The molecule has 0 aromatic heterocycles. The average Bonchev–Trinajstić information content (AvgIpc) is 1.65. The molecule has 0 heterocycles. The average molecular weight is 87.1 g/mol. The maximum Gasteiger partial charge on any atom is 0.163 e. The van der Waals surface area contributed by atoms with Crippen LogP contribution in [0.3, 0.4) is 0 Å². The summed E-state index contributed by atoms with van der Waals surface area (Å²) in [7, 11) is 0. The number of hydrogen-bond donors (Lipinski definition) is 2. The molecule has 0 aliphatic carbocycles. The van der Waals surface area contributed by atoms with Gasteiger partial charge in [-0.25, -0.2) is 0 Å². The predicted octanol–water partition coefficient (Wildman–Crippen LogP) is -1.14. The molecule has 34 valence electrons. The molecule has 1 atom stereocenters. The Bertz CT molecular complexity index is 65.7. The van der Waals surface area contributed by atoms with E-state index in [9.17, 15) is 0 Å². The van der Waals surface area contributed by atoms with Crippen LogP contribution in [0.5, 0.6) is 0 Å². The van der Waals surface area contributed by atoms with Crippen molar-refractivity contribution in [3.63, 3.8) is 0 Å². The van der Waals surface area contributed by atoms with Crippen molar-refractivity contribution in [2.24, 2.45) is 0 Å². The molecule has 0 spiro atoms. The molecule has 0 unspecified atom stereocenters. The summed E-state index contributed by atoms with van der Waals surface area (Å²) in [5.41, 5.74) is 0. The maximum absolute atomic E-state index is 8.06. The third-order valence-corrected chi connectivity index (χ3v) is 0.322. The van der Waals surface area contributed by atoms with Crippen molar-refractivity contribution in [2.75, 3.05) is 6.61 Å². The molecule has 0 rings (SSSR count). The Balaban J connectivity index is 3.04. The van der Waals surface area contributed by atoms with Crippen LogP contribution in [0.4, 0.5) is 0 Å². The Morgan fingerprint density at radius 1 is 1.83 bits per heavy atom. The minimum Gasteiger partial charge on any atom is -0.393 e. The minimum absolute atomic E-state index is 0.476. The second-order valence-electron chi connectivity index (χ2n) is 0.827. The van der Waals surface area contributed by atoms with Crippen molar-refractivity contribution in [3.8, 4) is 6.07 Å². The summed E-state index contributed by atoms with van der Waals surface area (Å²) in [4.78, 5) is 0. The Labute approximate surface area is 35.5 Å². The van der Waals surface area contributed by atoms with Crippen molar-refractivity contribution < 1.29 is 10.2 Å². The maximum atomic E-state index is 8.06. The zero-order valence-electron chi connectivity index (χ0n) is 3.13. The third-order valence-electron chi connectivity index (χ3n) is 0.322. The van der Waals surface area contributed by atoms with Gasteiger partial charge in [0.25, 0.3) is 0 Å². The number of aliphatic hydroxyl groups excluding tert-OH is 2. The lowest BCUT2D eigenvalue weighted by Crippen LogP contribution is -2.06. The molecule has 0 radical (unpaired) electrons. The molecule has 2 N–H and O–H groups in total. The summed E-state index contributed by atoms with van der Waals surface area (Å²) in [5.74, 6) is 0. The van der Waals surface area contributed by atoms with E-state index in [1.54, 1.807) is 0 Å². The highest BCUT2D eigenvalue weighted by molar-refractivity contribution is 4.80. The molecular weight excluding hydrogens is 82.0 g/mol. The largest absolute Gasteiger partial charge is 0.393 e. The summed E-state index contributed by atoms with van der Waals surface area (Å²) in [6.45, 7) is -0.476. The summed E-state index contributed by atoms with van der Waals surface area (Å²) >= 11 is 0. The van der Waals surface area contributed by atoms with E-state index >= 15 is 0 Å². The molecule has 0 aliphatic heterocycles. The van der Waals surface area contributed by atoms with E-state index in [4.69, 9.17) is 15.5 Å². The molecule has 0 aliphatic rings. The first-order chi connectivity index (χ1) is 2.81. The van der Waals surface area contributed by atoms with Crippen LogP contribution in [-0.4, -0.2) is 22.9 Å². The van der Waals surface area contributed by atoms with Gasteiger partial charge in [-0.3, -0.25) is 0 Å². The molecule has 0 aromatic rings. The zero-order valence-corrected chi connectivity index (χ0v) is 3.13. The van der Waals surface area contributed by atoms with Crippen molar-refractivity contribution in [3.05, 3.63) is 0 Å². The first-order valence-electron chi connectivity index (χ1n) is 1.49. The van der Waals surface area contributed by atoms with E-state index in [1.807, 2.05) is 0 Å². The molecular formula is C3H5NO2. The number of aliphatic hydroxyl groups is 2. The van der Waals surface area contributed by atoms with E-state index < -0.39 is 12.7 Å². The van der Waals surface area contributed by atoms with Gasteiger partial charge in [0.05, 0.1) is 12.7 Å². The topological polar surface area (TPSA) is 64.2 Å². The van der Waals surface area contributed by atoms with Gasteiger partial charge in [0.2, 0.25) is 0 Å². The van der Waals surface area contributed by atoms with Crippen LogP contribution in [-0.2, 0) is 0 Å². The number of hydrogen-bond acceptors (Lipinski definition) is 3. The molecule has 0 fully saturated rings. The quantitative estimate of drug-likeness (QED) is 0.397. The summed E-state index contributed by atoms with van der Waals surface area (Å²) in [5, 5.41) is 23.6. The summed E-state index contributed by atoms with van der Waals surface area (Å²) in [6.07, 6.45) is -1.20. The van der Waals surface area contributed by atoms with Crippen LogP contribution in [0.25, 0.3) is 0 Å². The van der Waals surface area contributed by atoms with Crippen LogP contribution in [0.2, 0.25) is 0 Å².